The Kier molecular flexibility index (Phi) is 4.04. The van der Waals surface area contributed by atoms with Crippen LogP contribution in [0.2, 0.25) is 0 Å². The minimum Gasteiger partial charge on any atom is -0.377 e. The summed E-state index contributed by atoms with van der Waals surface area (Å²) in [5.74, 6) is 0. The Hall–Kier alpha value is -1.22. The summed E-state index contributed by atoms with van der Waals surface area (Å²) < 4.78 is 36.3. The Morgan fingerprint density at radius 2 is 1.84 bits per heavy atom. The third kappa shape index (κ3) is 2.57. The van der Waals surface area contributed by atoms with E-state index in [0.29, 0.717) is 0 Å². The number of rotatable bonds is 4. The van der Waals surface area contributed by atoms with Crippen LogP contribution in [0.4, 0.5) is 0 Å². The molecule has 2 heterocycles. The van der Waals surface area contributed by atoms with Gasteiger partial charge in [-0.3, -0.25) is 4.79 Å². The van der Waals surface area contributed by atoms with Gasteiger partial charge in [0.15, 0.2) is 0 Å². The van der Waals surface area contributed by atoms with Gasteiger partial charge in [0, 0.05) is 45.8 Å². The van der Waals surface area contributed by atoms with E-state index in [1.54, 1.807) is 0 Å². The quantitative estimate of drug-likeness (QED) is 0.800. The van der Waals surface area contributed by atoms with Gasteiger partial charge in [0.1, 0.15) is 4.90 Å². The van der Waals surface area contributed by atoms with Crippen LogP contribution in [0.5, 0.6) is 0 Å². The molecule has 0 saturated carbocycles. The molecule has 7 nitrogen and oxygen atoms in total. The molecule has 0 radical (unpaired) electrons. The van der Waals surface area contributed by atoms with E-state index in [1.807, 2.05) is 0 Å². The second-order valence-electron chi connectivity index (χ2n) is 4.24. The van der Waals surface area contributed by atoms with Crippen molar-refractivity contribution in [2.24, 2.45) is 0 Å². The summed E-state index contributed by atoms with van der Waals surface area (Å²) >= 11 is 0. The van der Waals surface area contributed by atoms with Crippen LogP contribution < -0.4 is 5.43 Å². The number of methoxy groups -OCH3 is 2. The highest BCUT2D eigenvalue weighted by atomic mass is 32.2. The Morgan fingerprint density at radius 3 is 2.32 bits per heavy atom. The second-order valence-corrected chi connectivity index (χ2v) is 6.15. The van der Waals surface area contributed by atoms with Crippen molar-refractivity contribution in [2.75, 3.05) is 27.3 Å². The Morgan fingerprint density at radius 1 is 1.26 bits per heavy atom. The predicted octanol–water partition coefficient (Wildman–Crippen LogP) is -0.591. The Bertz CT molecular complexity index is 585. The monoisotopic (exact) mass is 288 g/mol. The highest BCUT2D eigenvalue weighted by molar-refractivity contribution is 7.89. The van der Waals surface area contributed by atoms with Crippen molar-refractivity contribution in [2.45, 2.75) is 17.1 Å². The minimum absolute atomic E-state index is 0.172. The van der Waals surface area contributed by atoms with Crippen LogP contribution in [-0.4, -0.2) is 57.2 Å². The van der Waals surface area contributed by atoms with E-state index >= 15 is 0 Å². The van der Waals surface area contributed by atoms with Gasteiger partial charge < -0.3 is 14.5 Å². The summed E-state index contributed by atoms with van der Waals surface area (Å²) in [6.45, 7) is 0.345. The molecule has 1 aliphatic rings. The molecule has 1 aromatic heterocycles. The molecule has 2 unspecified atom stereocenters. The summed E-state index contributed by atoms with van der Waals surface area (Å²) in [4.78, 5) is 14.0. The van der Waals surface area contributed by atoms with Crippen molar-refractivity contribution in [3.63, 3.8) is 0 Å². The maximum Gasteiger partial charge on any atom is 0.248 e. The van der Waals surface area contributed by atoms with Crippen molar-refractivity contribution in [3.05, 3.63) is 28.7 Å². The zero-order valence-corrected chi connectivity index (χ0v) is 11.5. The maximum absolute atomic E-state index is 12.4. The molecule has 106 valence electrons. The summed E-state index contributed by atoms with van der Waals surface area (Å²) in [6, 6.07) is 1.19. The van der Waals surface area contributed by atoms with Gasteiger partial charge in [-0.15, -0.1) is 0 Å². The molecule has 1 saturated heterocycles. The molecule has 1 fully saturated rings. The largest absolute Gasteiger partial charge is 0.377 e. The van der Waals surface area contributed by atoms with Crippen LogP contribution in [0.1, 0.15) is 0 Å². The molecule has 0 bridgehead atoms. The van der Waals surface area contributed by atoms with E-state index in [0.717, 1.165) is 0 Å². The molecule has 0 spiro atoms. The van der Waals surface area contributed by atoms with Gasteiger partial charge >= 0.3 is 0 Å². The molecule has 0 aliphatic carbocycles. The van der Waals surface area contributed by atoms with E-state index in [-0.39, 0.29) is 30.2 Å². The van der Waals surface area contributed by atoms with Gasteiger partial charge in [-0.1, -0.05) is 0 Å². The smallest absolute Gasteiger partial charge is 0.248 e. The van der Waals surface area contributed by atoms with Crippen molar-refractivity contribution < 1.29 is 17.9 Å². The molecular weight excluding hydrogens is 272 g/mol. The van der Waals surface area contributed by atoms with Crippen molar-refractivity contribution >= 4 is 10.0 Å². The highest BCUT2D eigenvalue weighted by Gasteiger charge is 2.40. The first-order chi connectivity index (χ1) is 9.00. The number of hydrogen-bond donors (Lipinski definition) is 1. The van der Waals surface area contributed by atoms with Crippen LogP contribution in [0.25, 0.3) is 0 Å². The SMILES string of the molecule is COC1CN(S(=O)(=O)c2c[nH]ccc2=O)CC1OC. The number of nitrogens with one attached hydrogen (secondary N) is 1. The summed E-state index contributed by atoms with van der Waals surface area (Å²) in [5, 5.41) is 0. The summed E-state index contributed by atoms with van der Waals surface area (Å²) in [5.41, 5.74) is -0.534. The first kappa shape index (κ1) is 14.2. The van der Waals surface area contributed by atoms with Crippen LogP contribution in [0.3, 0.4) is 0 Å². The lowest BCUT2D eigenvalue weighted by Crippen LogP contribution is -2.33. The molecule has 0 aromatic carbocycles. The summed E-state index contributed by atoms with van der Waals surface area (Å²) in [6.07, 6.45) is 1.92. The lowest BCUT2D eigenvalue weighted by Gasteiger charge is -2.14. The number of aromatic amines is 1. The molecule has 1 aromatic rings. The second kappa shape index (κ2) is 5.41. The lowest BCUT2D eigenvalue weighted by molar-refractivity contribution is -0.00461. The van der Waals surface area contributed by atoms with E-state index in [1.165, 1.54) is 37.0 Å². The molecule has 2 atom stereocenters. The number of aromatic nitrogens is 1. The fraction of sp³-hybridized carbons (Fsp3) is 0.545. The first-order valence-corrected chi connectivity index (χ1v) is 7.17. The Balaban J connectivity index is 2.32. The van der Waals surface area contributed by atoms with Gasteiger partial charge in [-0.05, 0) is 0 Å². The molecule has 2 rings (SSSR count). The number of pyridine rings is 1. The number of nitrogens with zero attached hydrogens (tertiary/aromatic N) is 1. The summed E-state index contributed by atoms with van der Waals surface area (Å²) in [7, 11) is -0.822. The van der Waals surface area contributed by atoms with Crippen LogP contribution in [-0.2, 0) is 19.5 Å². The minimum atomic E-state index is -3.83. The number of ether oxygens (including phenoxy) is 2. The van der Waals surface area contributed by atoms with Crippen LogP contribution >= 0.6 is 0 Å². The van der Waals surface area contributed by atoms with Gasteiger partial charge in [-0.25, -0.2) is 8.42 Å². The van der Waals surface area contributed by atoms with E-state index in [4.69, 9.17) is 9.47 Å². The molecule has 8 heteroatoms. The average molecular weight is 288 g/mol. The number of hydrogen-bond acceptors (Lipinski definition) is 5. The van der Waals surface area contributed by atoms with Gasteiger partial charge in [-0.2, -0.15) is 4.31 Å². The van der Waals surface area contributed by atoms with Gasteiger partial charge in [0.05, 0.1) is 12.2 Å². The van der Waals surface area contributed by atoms with Crippen LogP contribution in [0.15, 0.2) is 28.2 Å². The van der Waals surface area contributed by atoms with Crippen molar-refractivity contribution in [1.29, 1.82) is 0 Å². The zero-order chi connectivity index (χ0) is 14.0. The van der Waals surface area contributed by atoms with Gasteiger partial charge in [0.2, 0.25) is 15.5 Å². The number of sulfonamides is 1. The lowest BCUT2D eigenvalue weighted by atomic mass is 10.3. The topological polar surface area (TPSA) is 88.7 Å². The van der Waals surface area contributed by atoms with Crippen LogP contribution in [0, 0.1) is 0 Å². The highest BCUT2D eigenvalue weighted by Crippen LogP contribution is 2.22. The normalized spacial score (nSPS) is 24.7. The maximum atomic E-state index is 12.4. The van der Waals surface area contributed by atoms with Crippen molar-refractivity contribution in [3.8, 4) is 0 Å². The molecular formula is C11H16N2O5S. The molecule has 1 aliphatic heterocycles. The number of H-pyrrole nitrogens is 1. The first-order valence-electron chi connectivity index (χ1n) is 5.73. The molecule has 19 heavy (non-hydrogen) atoms. The van der Waals surface area contributed by atoms with Crippen molar-refractivity contribution in [1.82, 2.24) is 9.29 Å². The Labute approximate surface area is 111 Å². The van der Waals surface area contributed by atoms with E-state index < -0.39 is 15.5 Å². The predicted molar refractivity (Wildman–Crippen MR) is 67.4 cm³/mol. The third-order valence-corrected chi connectivity index (χ3v) is 5.05. The standard InChI is InChI=1S/C11H16N2O5S/c1-17-9-6-13(7-10(9)18-2)19(15,16)11-5-12-4-3-8(11)14/h3-5,9-10H,6-7H2,1-2H3,(H,12,14). The fourth-order valence-corrected chi connectivity index (χ4v) is 3.61. The van der Waals surface area contributed by atoms with E-state index in [9.17, 15) is 13.2 Å². The zero-order valence-electron chi connectivity index (χ0n) is 10.7. The molecule has 1 N–H and O–H groups in total. The molecule has 0 amide bonds. The third-order valence-electron chi connectivity index (χ3n) is 3.19. The van der Waals surface area contributed by atoms with E-state index in [2.05, 4.69) is 4.98 Å². The average Bonchev–Trinajstić information content (AvgIpc) is 2.83. The fourth-order valence-electron chi connectivity index (χ4n) is 2.10. The van der Waals surface area contributed by atoms with Gasteiger partial charge in [0.25, 0.3) is 0 Å².